The maximum atomic E-state index is 11.8. The molecule has 0 aromatic carbocycles. The zero-order valence-electron chi connectivity index (χ0n) is 14.5. The summed E-state index contributed by atoms with van der Waals surface area (Å²) in [4.78, 5) is 19.0. The molecule has 4 heterocycles. The third-order valence-electron chi connectivity index (χ3n) is 5.19. The van der Waals surface area contributed by atoms with Crippen molar-refractivity contribution in [3.8, 4) is 11.4 Å². The summed E-state index contributed by atoms with van der Waals surface area (Å²) in [6, 6.07) is 3.93. The fourth-order valence-electron chi connectivity index (χ4n) is 3.84. The molecule has 3 aromatic rings. The molecule has 5 rings (SSSR count). The van der Waals surface area contributed by atoms with Crippen molar-refractivity contribution in [1.82, 2.24) is 15.0 Å². The number of aromatic nitrogens is 3. The van der Waals surface area contributed by atoms with E-state index in [2.05, 4.69) is 9.88 Å². The smallest absolute Gasteiger partial charge is 0.164 e. The summed E-state index contributed by atoms with van der Waals surface area (Å²) in [5.41, 5.74) is 2.40. The van der Waals surface area contributed by atoms with Crippen LogP contribution in [0.2, 0.25) is 0 Å². The van der Waals surface area contributed by atoms with Crippen molar-refractivity contribution >= 4 is 38.2 Å². The van der Waals surface area contributed by atoms with Crippen molar-refractivity contribution < 1.29 is 4.21 Å². The number of fused-ring (bicyclic) bond motifs is 3. The zero-order chi connectivity index (χ0) is 17.5. The summed E-state index contributed by atoms with van der Waals surface area (Å²) in [6.07, 6.45) is 8.38. The number of nitrogens with zero attached hydrogens (tertiary/aromatic N) is 4. The highest BCUT2D eigenvalue weighted by Gasteiger charge is 2.26. The van der Waals surface area contributed by atoms with E-state index in [0.29, 0.717) is 0 Å². The van der Waals surface area contributed by atoms with E-state index in [-0.39, 0.29) is 0 Å². The molecule has 0 atom stereocenters. The van der Waals surface area contributed by atoms with Crippen LogP contribution >= 0.6 is 11.3 Å². The van der Waals surface area contributed by atoms with Crippen LogP contribution in [0.15, 0.2) is 24.5 Å². The first-order valence-electron chi connectivity index (χ1n) is 9.12. The van der Waals surface area contributed by atoms with E-state index in [1.54, 1.807) is 6.20 Å². The van der Waals surface area contributed by atoms with Gasteiger partial charge in [0.15, 0.2) is 5.82 Å². The summed E-state index contributed by atoms with van der Waals surface area (Å²) < 4.78 is 11.8. The highest BCUT2D eigenvalue weighted by atomic mass is 32.2. The second kappa shape index (κ2) is 6.70. The quantitative estimate of drug-likeness (QED) is 0.679. The first kappa shape index (κ1) is 16.3. The van der Waals surface area contributed by atoms with Gasteiger partial charge in [-0.2, -0.15) is 0 Å². The Morgan fingerprint density at radius 2 is 1.96 bits per heavy atom. The van der Waals surface area contributed by atoms with E-state index in [1.807, 2.05) is 29.7 Å². The van der Waals surface area contributed by atoms with Gasteiger partial charge in [0, 0.05) is 58.2 Å². The van der Waals surface area contributed by atoms with Gasteiger partial charge in [-0.05, 0) is 43.4 Å². The second-order valence-corrected chi connectivity index (χ2v) is 9.62. The summed E-state index contributed by atoms with van der Waals surface area (Å²) >= 11 is 1.83. The molecular weight excluding hydrogens is 364 g/mol. The third-order valence-corrected chi connectivity index (χ3v) is 7.65. The Hall–Kier alpha value is -1.86. The first-order valence-corrected chi connectivity index (χ1v) is 11.4. The van der Waals surface area contributed by atoms with Crippen LogP contribution in [0.1, 0.15) is 23.3 Å². The van der Waals surface area contributed by atoms with Crippen LogP contribution in [-0.2, 0) is 23.6 Å². The fourth-order valence-corrected chi connectivity index (χ4v) is 6.15. The van der Waals surface area contributed by atoms with Crippen LogP contribution in [0, 0.1) is 0 Å². The molecule has 3 aromatic heterocycles. The Balaban J connectivity index is 1.71. The van der Waals surface area contributed by atoms with Gasteiger partial charge in [-0.15, -0.1) is 11.3 Å². The molecule has 1 aliphatic heterocycles. The van der Waals surface area contributed by atoms with Crippen molar-refractivity contribution in [3.05, 3.63) is 35.0 Å². The monoisotopic (exact) mass is 384 g/mol. The number of anilines is 1. The molecule has 134 valence electrons. The highest BCUT2D eigenvalue weighted by molar-refractivity contribution is 7.85. The van der Waals surface area contributed by atoms with Gasteiger partial charge < -0.3 is 4.90 Å². The van der Waals surface area contributed by atoms with Crippen LogP contribution in [0.5, 0.6) is 0 Å². The molecule has 7 heteroatoms. The van der Waals surface area contributed by atoms with E-state index in [0.717, 1.165) is 59.5 Å². The normalized spacial score (nSPS) is 18.2. The minimum atomic E-state index is -0.695. The Kier molecular flexibility index (Phi) is 4.21. The van der Waals surface area contributed by atoms with Crippen LogP contribution in [-0.4, -0.2) is 43.8 Å². The number of aryl methyl sites for hydroxylation is 2. The molecule has 0 unspecified atom stereocenters. The van der Waals surface area contributed by atoms with Crippen molar-refractivity contribution in [2.45, 2.75) is 25.7 Å². The molecule has 1 fully saturated rings. The first-order chi connectivity index (χ1) is 12.8. The highest BCUT2D eigenvalue weighted by Crippen LogP contribution is 2.40. The molecular formula is C19H20N4OS2. The average molecular weight is 385 g/mol. The molecule has 0 saturated carbocycles. The molecule has 0 spiro atoms. The topological polar surface area (TPSA) is 59.0 Å². The predicted octanol–water partition coefficient (Wildman–Crippen LogP) is 3.20. The molecule has 5 nitrogen and oxygen atoms in total. The lowest BCUT2D eigenvalue weighted by Gasteiger charge is -2.28. The third kappa shape index (κ3) is 2.83. The lowest BCUT2D eigenvalue weighted by molar-refractivity contribution is 0.672. The van der Waals surface area contributed by atoms with E-state index >= 15 is 0 Å². The van der Waals surface area contributed by atoms with E-state index in [9.17, 15) is 4.21 Å². The molecule has 0 bridgehead atoms. The summed E-state index contributed by atoms with van der Waals surface area (Å²) in [6.45, 7) is 1.60. The van der Waals surface area contributed by atoms with E-state index < -0.39 is 10.8 Å². The van der Waals surface area contributed by atoms with Gasteiger partial charge in [-0.1, -0.05) is 0 Å². The Labute approximate surface area is 159 Å². The minimum absolute atomic E-state index is 0.695. The van der Waals surface area contributed by atoms with Gasteiger partial charge in [-0.25, -0.2) is 9.97 Å². The van der Waals surface area contributed by atoms with Crippen LogP contribution in [0.3, 0.4) is 0 Å². The van der Waals surface area contributed by atoms with Gasteiger partial charge in [0.25, 0.3) is 0 Å². The molecule has 0 N–H and O–H groups in total. The molecule has 0 amide bonds. The van der Waals surface area contributed by atoms with Crippen molar-refractivity contribution in [2.75, 3.05) is 29.5 Å². The van der Waals surface area contributed by atoms with Crippen molar-refractivity contribution in [2.24, 2.45) is 0 Å². The fraction of sp³-hybridized carbons (Fsp3) is 0.421. The predicted molar refractivity (Wildman–Crippen MR) is 107 cm³/mol. The maximum Gasteiger partial charge on any atom is 0.164 e. The lowest BCUT2D eigenvalue weighted by Crippen LogP contribution is -2.38. The van der Waals surface area contributed by atoms with Crippen LogP contribution in [0.25, 0.3) is 21.6 Å². The van der Waals surface area contributed by atoms with Gasteiger partial charge in [0.05, 0.1) is 5.39 Å². The molecule has 1 aliphatic carbocycles. The number of hydrogen-bond acceptors (Lipinski definition) is 6. The van der Waals surface area contributed by atoms with E-state index in [1.165, 1.54) is 28.7 Å². The number of rotatable bonds is 2. The standard InChI is InChI=1S/C19H20N4OS2/c24-26-10-8-23(9-11-26)18-16-14-5-1-2-6-15(14)25-19(16)22-17(21-18)13-4-3-7-20-12-13/h3-4,7,12H,1-2,5-6,8-11H2. The Morgan fingerprint density at radius 1 is 1.12 bits per heavy atom. The SMILES string of the molecule is O=S1CCN(c2nc(-c3cccnc3)nc3sc4c(c23)CCCC4)CC1. The number of pyridine rings is 1. The van der Waals surface area contributed by atoms with Crippen LogP contribution in [0.4, 0.5) is 5.82 Å². The van der Waals surface area contributed by atoms with Crippen LogP contribution < -0.4 is 4.90 Å². The maximum absolute atomic E-state index is 11.8. The molecule has 26 heavy (non-hydrogen) atoms. The molecule has 2 aliphatic rings. The second-order valence-electron chi connectivity index (χ2n) is 6.84. The Bertz CT molecular complexity index is 976. The number of thiophene rings is 1. The summed E-state index contributed by atoms with van der Waals surface area (Å²) in [5.74, 6) is 3.22. The summed E-state index contributed by atoms with van der Waals surface area (Å²) in [7, 11) is -0.695. The molecule has 0 radical (unpaired) electrons. The van der Waals surface area contributed by atoms with Gasteiger partial charge in [0.2, 0.25) is 0 Å². The zero-order valence-corrected chi connectivity index (χ0v) is 16.1. The van der Waals surface area contributed by atoms with Crippen molar-refractivity contribution in [3.63, 3.8) is 0 Å². The Morgan fingerprint density at radius 3 is 2.77 bits per heavy atom. The largest absolute Gasteiger partial charge is 0.354 e. The minimum Gasteiger partial charge on any atom is -0.354 e. The van der Waals surface area contributed by atoms with Crippen molar-refractivity contribution in [1.29, 1.82) is 0 Å². The van der Waals surface area contributed by atoms with Gasteiger partial charge >= 0.3 is 0 Å². The van der Waals surface area contributed by atoms with E-state index in [4.69, 9.17) is 9.97 Å². The number of hydrogen-bond donors (Lipinski definition) is 0. The van der Waals surface area contributed by atoms with Gasteiger partial charge in [-0.3, -0.25) is 9.19 Å². The van der Waals surface area contributed by atoms with Gasteiger partial charge in [0.1, 0.15) is 10.6 Å². The molecule has 1 saturated heterocycles. The summed E-state index contributed by atoms with van der Waals surface area (Å²) in [5, 5.41) is 1.24. The lowest BCUT2D eigenvalue weighted by atomic mass is 9.97. The average Bonchev–Trinajstić information content (AvgIpc) is 3.07.